The van der Waals surface area contributed by atoms with Crippen molar-refractivity contribution >= 4 is 16.9 Å². The van der Waals surface area contributed by atoms with Gasteiger partial charge in [-0.1, -0.05) is 6.07 Å². The highest BCUT2D eigenvalue weighted by Gasteiger charge is 2.30. The number of ether oxygens (including phenoxy) is 1. The Morgan fingerprint density at radius 1 is 1.33 bits per heavy atom. The zero-order chi connectivity index (χ0) is 16.9. The van der Waals surface area contributed by atoms with Crippen molar-refractivity contribution in [3.63, 3.8) is 0 Å². The van der Waals surface area contributed by atoms with Crippen molar-refractivity contribution in [2.24, 2.45) is 5.92 Å². The molecule has 3 N–H and O–H groups in total. The van der Waals surface area contributed by atoms with Crippen molar-refractivity contribution < 1.29 is 19.7 Å². The first-order valence-electron chi connectivity index (χ1n) is 8.26. The first-order chi connectivity index (χ1) is 11.6. The first kappa shape index (κ1) is 16.7. The molecule has 1 atom stereocenters. The number of pyridine rings is 1. The van der Waals surface area contributed by atoms with Gasteiger partial charge >= 0.3 is 5.97 Å². The van der Waals surface area contributed by atoms with E-state index in [1.807, 2.05) is 30.3 Å². The Balaban J connectivity index is 1.51. The number of piperidine rings is 1. The van der Waals surface area contributed by atoms with E-state index in [2.05, 4.69) is 9.88 Å². The van der Waals surface area contributed by atoms with E-state index < -0.39 is 12.1 Å². The normalized spacial score (nSPS) is 17.7. The number of fused-ring (bicyclic) bond motifs is 1. The number of β-amino-alcohol motifs (C(OH)–C–C–N with tert-alkyl or cyclic N) is 1. The van der Waals surface area contributed by atoms with Gasteiger partial charge in [0, 0.05) is 22.9 Å². The molecule has 0 amide bonds. The van der Waals surface area contributed by atoms with Crippen LogP contribution in [0.3, 0.4) is 0 Å². The Hall–Kier alpha value is -2.18. The predicted molar refractivity (Wildman–Crippen MR) is 91.0 cm³/mol. The summed E-state index contributed by atoms with van der Waals surface area (Å²) in [4.78, 5) is 17.5. The second-order valence-corrected chi connectivity index (χ2v) is 6.23. The van der Waals surface area contributed by atoms with Crippen LogP contribution in [0.5, 0.6) is 5.75 Å². The quantitative estimate of drug-likeness (QED) is 0.796. The molecule has 0 bridgehead atoms. The van der Waals surface area contributed by atoms with Gasteiger partial charge in [0.2, 0.25) is 0 Å². The van der Waals surface area contributed by atoms with Crippen molar-refractivity contribution in [1.82, 2.24) is 9.88 Å². The number of nitrogens with zero attached hydrogens (tertiary/aromatic N) is 2. The molecular formula is C18H23N2O4+. The fraction of sp³-hybridized carbons (Fsp3) is 0.444. The molecule has 0 unspecified atom stereocenters. The second kappa shape index (κ2) is 7.59. The van der Waals surface area contributed by atoms with Crippen LogP contribution < -0.4 is 4.74 Å². The molecule has 2 heterocycles. The zero-order valence-corrected chi connectivity index (χ0v) is 13.5. The van der Waals surface area contributed by atoms with Gasteiger partial charge < -0.3 is 19.8 Å². The lowest BCUT2D eigenvalue weighted by Gasteiger charge is -2.30. The van der Waals surface area contributed by atoms with Crippen LogP contribution in [-0.2, 0) is 4.79 Å². The lowest BCUT2D eigenvalue weighted by atomic mass is 9.97. The summed E-state index contributed by atoms with van der Waals surface area (Å²) in [6.45, 7) is 2.21. The van der Waals surface area contributed by atoms with Gasteiger partial charge in [0.1, 0.15) is 24.4 Å². The smallest absolute Gasteiger partial charge is 0.519 e. The van der Waals surface area contributed by atoms with E-state index in [1.54, 1.807) is 6.20 Å². The summed E-state index contributed by atoms with van der Waals surface area (Å²) in [7, 11) is 0. The van der Waals surface area contributed by atoms with Crippen LogP contribution in [0.25, 0.3) is 10.9 Å². The minimum Gasteiger partial charge on any atom is -0.565 e. The summed E-state index contributed by atoms with van der Waals surface area (Å²) in [6, 6.07) is 9.51. The number of hydrogen-bond acceptors (Lipinski definition) is 5. The number of carbonyl (C=O) groups is 1. The van der Waals surface area contributed by atoms with Crippen LogP contribution in [0, 0.1) is 5.92 Å². The van der Waals surface area contributed by atoms with E-state index in [1.165, 1.54) is 0 Å². The van der Waals surface area contributed by atoms with Crippen LogP contribution in [0.15, 0.2) is 36.5 Å². The maximum atomic E-state index is 11.1. The molecule has 1 saturated heterocycles. The van der Waals surface area contributed by atoms with Gasteiger partial charge in [0.15, 0.2) is 0 Å². The zero-order valence-electron chi connectivity index (χ0n) is 13.5. The minimum atomic E-state index is -0.597. The average molecular weight is 331 g/mol. The van der Waals surface area contributed by atoms with E-state index >= 15 is 0 Å². The van der Waals surface area contributed by atoms with E-state index in [0.29, 0.717) is 19.4 Å². The summed E-state index contributed by atoms with van der Waals surface area (Å²) >= 11 is 0. The number of aliphatic hydroxyl groups is 1. The summed E-state index contributed by atoms with van der Waals surface area (Å²) in [6.07, 6.45) is 2.54. The summed E-state index contributed by atoms with van der Waals surface area (Å²) < 4.78 is 5.78. The Morgan fingerprint density at radius 3 is 2.88 bits per heavy atom. The third kappa shape index (κ3) is 4.01. The van der Waals surface area contributed by atoms with Gasteiger partial charge in [-0.25, -0.2) is 0 Å². The highest BCUT2D eigenvalue weighted by Crippen LogP contribution is 2.24. The molecule has 0 radical (unpaired) electrons. The molecule has 0 saturated carbocycles. The number of hydrogen-bond donors (Lipinski definition) is 1. The van der Waals surface area contributed by atoms with Gasteiger partial charge in [-0.3, -0.25) is 4.98 Å². The Morgan fingerprint density at radius 2 is 2.12 bits per heavy atom. The first-order valence-corrected chi connectivity index (χ1v) is 8.26. The van der Waals surface area contributed by atoms with Gasteiger partial charge in [-0.15, -0.1) is 0 Å². The predicted octanol–water partition coefficient (Wildman–Crippen LogP) is 0.938. The Labute approximate surface area is 140 Å². The molecule has 0 aliphatic carbocycles. The molecule has 24 heavy (non-hydrogen) atoms. The number of carbonyl (C=O) groups excluding carboxylic acids is 1. The topological polar surface area (TPSA) is 85.6 Å². The Bertz CT molecular complexity index is 693. The molecule has 128 valence electrons. The maximum Gasteiger partial charge on any atom is 0.519 e. The highest BCUT2D eigenvalue weighted by molar-refractivity contribution is 5.84. The number of aromatic nitrogens is 1. The SMILES string of the molecule is O=C([OH2+])C1CCN(C[C@@H](O)COc2cccc3ncccc23)CC1. The van der Waals surface area contributed by atoms with Crippen LogP contribution in [0.2, 0.25) is 0 Å². The lowest BCUT2D eigenvalue weighted by molar-refractivity contribution is -0.143. The molecule has 6 heteroatoms. The van der Waals surface area contributed by atoms with Gasteiger partial charge in [-0.05, 0) is 50.2 Å². The van der Waals surface area contributed by atoms with Crippen LogP contribution in [0.1, 0.15) is 12.8 Å². The third-order valence-electron chi connectivity index (χ3n) is 4.46. The van der Waals surface area contributed by atoms with Crippen molar-refractivity contribution in [1.29, 1.82) is 0 Å². The van der Waals surface area contributed by atoms with Gasteiger partial charge in [0.05, 0.1) is 5.52 Å². The van der Waals surface area contributed by atoms with Crippen LogP contribution in [0.4, 0.5) is 0 Å². The molecule has 0 spiro atoms. The van der Waals surface area contributed by atoms with E-state index in [9.17, 15) is 9.90 Å². The number of benzene rings is 1. The molecule has 1 fully saturated rings. The van der Waals surface area contributed by atoms with Crippen molar-refractivity contribution in [2.75, 3.05) is 26.2 Å². The largest absolute Gasteiger partial charge is 0.565 e. The Kier molecular flexibility index (Phi) is 5.27. The fourth-order valence-electron chi connectivity index (χ4n) is 3.12. The summed E-state index contributed by atoms with van der Waals surface area (Å²) in [5, 5.41) is 18.3. The molecule has 1 aliphatic rings. The van der Waals surface area contributed by atoms with E-state index in [4.69, 9.17) is 9.84 Å². The van der Waals surface area contributed by atoms with Gasteiger partial charge in [-0.2, -0.15) is 0 Å². The molecule has 1 aromatic carbocycles. The standard InChI is InChI=1S/C18H22N2O4/c21-14(11-20-9-6-13(7-10-20)18(22)23)12-24-17-5-1-4-16-15(17)3-2-8-19-16/h1-5,8,13-14,21H,6-7,9-12H2,(H,22,23)/p+1/t14-/m1/s1. The van der Waals surface area contributed by atoms with Crippen molar-refractivity contribution in [2.45, 2.75) is 18.9 Å². The molecular weight excluding hydrogens is 308 g/mol. The highest BCUT2D eigenvalue weighted by atomic mass is 16.5. The maximum absolute atomic E-state index is 11.1. The minimum absolute atomic E-state index is 0.141. The van der Waals surface area contributed by atoms with Gasteiger partial charge in [0.25, 0.3) is 0 Å². The number of aliphatic hydroxyl groups excluding tert-OH is 1. The van der Waals surface area contributed by atoms with E-state index in [-0.39, 0.29) is 12.5 Å². The van der Waals surface area contributed by atoms with Crippen molar-refractivity contribution in [3.8, 4) is 5.75 Å². The monoisotopic (exact) mass is 331 g/mol. The fourth-order valence-corrected chi connectivity index (χ4v) is 3.12. The molecule has 6 nitrogen and oxygen atoms in total. The van der Waals surface area contributed by atoms with Crippen LogP contribution in [-0.4, -0.2) is 58.4 Å². The molecule has 3 rings (SSSR count). The van der Waals surface area contributed by atoms with Crippen LogP contribution >= 0.6 is 0 Å². The molecule has 1 aromatic heterocycles. The average Bonchev–Trinajstić information content (AvgIpc) is 2.60. The summed E-state index contributed by atoms with van der Waals surface area (Å²) in [5.41, 5.74) is 0.867. The number of rotatable bonds is 6. The second-order valence-electron chi connectivity index (χ2n) is 6.23. The third-order valence-corrected chi connectivity index (χ3v) is 4.46. The molecule has 2 aromatic rings. The van der Waals surface area contributed by atoms with E-state index in [0.717, 1.165) is 29.7 Å². The number of likely N-dealkylation sites (tertiary alicyclic amines) is 1. The lowest BCUT2D eigenvalue weighted by Crippen LogP contribution is -2.42. The summed E-state index contributed by atoms with van der Waals surface area (Å²) in [5.74, 6) is 0.110. The molecule has 1 aliphatic heterocycles. The van der Waals surface area contributed by atoms with Crippen molar-refractivity contribution in [3.05, 3.63) is 36.5 Å².